The van der Waals surface area contributed by atoms with Crippen molar-refractivity contribution in [1.82, 2.24) is 0 Å². The summed E-state index contributed by atoms with van der Waals surface area (Å²) in [5.74, 6) is -0.942. The van der Waals surface area contributed by atoms with E-state index in [9.17, 15) is 4.79 Å². The van der Waals surface area contributed by atoms with Gasteiger partial charge in [-0.15, -0.1) is 11.3 Å². The molecule has 94 valence electrons. The summed E-state index contributed by atoms with van der Waals surface area (Å²) < 4.78 is 10.5. The van der Waals surface area contributed by atoms with Crippen molar-refractivity contribution in [1.29, 1.82) is 0 Å². The molecular weight excluding hydrogens is 240 g/mol. The summed E-state index contributed by atoms with van der Waals surface area (Å²) in [5.41, 5.74) is 0.885. The molecule has 0 saturated carbocycles. The normalized spacial score (nSPS) is 13.1. The van der Waals surface area contributed by atoms with Gasteiger partial charge in [0, 0.05) is 18.1 Å². The van der Waals surface area contributed by atoms with E-state index in [0.29, 0.717) is 13.2 Å². The van der Waals surface area contributed by atoms with Gasteiger partial charge in [-0.2, -0.15) is 0 Å². The number of methoxy groups -OCH3 is 1. The van der Waals surface area contributed by atoms with E-state index < -0.39 is 5.97 Å². The summed E-state index contributed by atoms with van der Waals surface area (Å²) in [7, 11) is 1.64. The van der Waals surface area contributed by atoms with E-state index in [0.717, 1.165) is 16.5 Å². The van der Waals surface area contributed by atoms with Crippen LogP contribution in [-0.4, -0.2) is 30.9 Å². The smallest absolute Gasteiger partial charge is 0.328 e. The molecule has 5 heteroatoms. The maximum absolute atomic E-state index is 10.3. The fourth-order valence-corrected chi connectivity index (χ4v) is 2.01. The zero-order valence-corrected chi connectivity index (χ0v) is 10.7. The van der Waals surface area contributed by atoms with E-state index in [1.807, 2.05) is 18.4 Å². The lowest BCUT2D eigenvalue weighted by Gasteiger charge is -2.10. The number of carboxylic acids is 1. The van der Waals surface area contributed by atoms with Crippen molar-refractivity contribution >= 4 is 23.4 Å². The van der Waals surface area contributed by atoms with Crippen LogP contribution in [0.25, 0.3) is 6.08 Å². The Kier molecular flexibility index (Phi) is 5.90. The number of hydrogen-bond donors (Lipinski definition) is 1. The van der Waals surface area contributed by atoms with Gasteiger partial charge in [0.1, 0.15) is 0 Å². The van der Waals surface area contributed by atoms with Crippen molar-refractivity contribution < 1.29 is 19.4 Å². The van der Waals surface area contributed by atoms with E-state index >= 15 is 0 Å². The fourth-order valence-electron chi connectivity index (χ4n) is 1.24. The standard InChI is InChI=1S/C12H16O4S/c1-9(6-15-2)16-7-11-5-10(8-17-11)3-4-12(13)14/h3-5,8-9H,6-7H2,1-2H3,(H,13,14). The van der Waals surface area contributed by atoms with Crippen LogP contribution in [-0.2, 0) is 20.9 Å². The molecule has 0 aliphatic rings. The molecule has 1 N–H and O–H groups in total. The number of ether oxygens (including phenoxy) is 2. The predicted octanol–water partition coefficient (Wildman–Crippen LogP) is 2.40. The Morgan fingerprint density at radius 1 is 1.65 bits per heavy atom. The van der Waals surface area contributed by atoms with Crippen LogP contribution < -0.4 is 0 Å². The first-order chi connectivity index (χ1) is 8.11. The summed E-state index contributed by atoms with van der Waals surface area (Å²) in [6.45, 7) is 3.04. The van der Waals surface area contributed by atoms with E-state index in [4.69, 9.17) is 14.6 Å². The minimum atomic E-state index is -0.942. The largest absolute Gasteiger partial charge is 0.478 e. The Morgan fingerprint density at radius 2 is 2.41 bits per heavy atom. The molecule has 0 amide bonds. The van der Waals surface area contributed by atoms with Crippen LogP contribution in [0.4, 0.5) is 0 Å². The van der Waals surface area contributed by atoms with E-state index in [1.54, 1.807) is 24.5 Å². The number of carbonyl (C=O) groups is 1. The summed E-state index contributed by atoms with van der Waals surface area (Å²) >= 11 is 1.55. The summed E-state index contributed by atoms with van der Waals surface area (Å²) in [6, 6.07) is 1.92. The van der Waals surface area contributed by atoms with Crippen LogP contribution in [0.5, 0.6) is 0 Å². The molecule has 0 aliphatic heterocycles. The van der Waals surface area contributed by atoms with Gasteiger partial charge in [-0.3, -0.25) is 0 Å². The van der Waals surface area contributed by atoms with Gasteiger partial charge in [0.25, 0.3) is 0 Å². The van der Waals surface area contributed by atoms with Gasteiger partial charge in [0.05, 0.1) is 19.3 Å². The van der Waals surface area contributed by atoms with Gasteiger partial charge in [0.15, 0.2) is 0 Å². The lowest BCUT2D eigenvalue weighted by atomic mass is 10.3. The molecule has 4 nitrogen and oxygen atoms in total. The Hall–Kier alpha value is -1.17. The number of hydrogen-bond acceptors (Lipinski definition) is 4. The van der Waals surface area contributed by atoms with Crippen LogP contribution in [0.15, 0.2) is 17.5 Å². The van der Waals surface area contributed by atoms with E-state index in [1.165, 1.54) is 0 Å². The second kappa shape index (κ2) is 7.21. The minimum absolute atomic E-state index is 0.0557. The third-order valence-electron chi connectivity index (χ3n) is 2.00. The zero-order valence-electron chi connectivity index (χ0n) is 9.88. The van der Waals surface area contributed by atoms with E-state index in [2.05, 4.69) is 0 Å². The first-order valence-electron chi connectivity index (χ1n) is 5.20. The van der Waals surface area contributed by atoms with E-state index in [-0.39, 0.29) is 6.10 Å². The van der Waals surface area contributed by atoms with Crippen LogP contribution >= 0.6 is 11.3 Å². The highest BCUT2D eigenvalue weighted by molar-refractivity contribution is 7.10. The van der Waals surface area contributed by atoms with Gasteiger partial charge in [-0.1, -0.05) is 0 Å². The fraction of sp³-hybridized carbons (Fsp3) is 0.417. The SMILES string of the molecule is COCC(C)OCc1cc(C=CC(=O)O)cs1. The number of carboxylic acid groups (broad SMARTS) is 1. The molecule has 0 fully saturated rings. The van der Waals surface area contributed by atoms with Crippen LogP contribution in [0.1, 0.15) is 17.4 Å². The average Bonchev–Trinajstić information content (AvgIpc) is 2.72. The predicted molar refractivity (Wildman–Crippen MR) is 67.1 cm³/mol. The number of rotatable bonds is 7. The Balaban J connectivity index is 2.43. The van der Waals surface area contributed by atoms with Crippen LogP contribution in [0.3, 0.4) is 0 Å². The summed E-state index contributed by atoms with van der Waals surface area (Å²) in [4.78, 5) is 11.4. The van der Waals surface area contributed by atoms with Crippen LogP contribution in [0.2, 0.25) is 0 Å². The van der Waals surface area contributed by atoms with Gasteiger partial charge in [0.2, 0.25) is 0 Å². The second-order valence-corrected chi connectivity index (χ2v) is 4.59. The molecule has 0 aromatic carbocycles. The third-order valence-corrected chi connectivity index (χ3v) is 2.93. The Morgan fingerprint density at radius 3 is 3.06 bits per heavy atom. The summed E-state index contributed by atoms with van der Waals surface area (Å²) in [6.07, 6.45) is 2.75. The second-order valence-electron chi connectivity index (χ2n) is 3.59. The lowest BCUT2D eigenvalue weighted by molar-refractivity contribution is -0.131. The number of thiophene rings is 1. The Bertz CT molecular complexity index is 384. The molecule has 1 heterocycles. The highest BCUT2D eigenvalue weighted by Gasteiger charge is 2.03. The zero-order chi connectivity index (χ0) is 12.7. The molecule has 1 unspecified atom stereocenters. The molecule has 1 atom stereocenters. The quantitative estimate of drug-likeness (QED) is 0.761. The van der Waals surface area contributed by atoms with Gasteiger partial charge in [-0.05, 0) is 30.0 Å². The molecule has 0 bridgehead atoms. The monoisotopic (exact) mass is 256 g/mol. The van der Waals surface area contributed by atoms with Crippen molar-refractivity contribution in [3.8, 4) is 0 Å². The minimum Gasteiger partial charge on any atom is -0.478 e. The van der Waals surface area contributed by atoms with Gasteiger partial charge >= 0.3 is 5.97 Å². The molecule has 0 aliphatic carbocycles. The highest BCUT2D eigenvalue weighted by atomic mass is 32.1. The molecule has 17 heavy (non-hydrogen) atoms. The Labute approximate surface area is 104 Å². The molecule has 0 spiro atoms. The molecule has 1 aromatic heterocycles. The van der Waals surface area contributed by atoms with Gasteiger partial charge < -0.3 is 14.6 Å². The average molecular weight is 256 g/mol. The maximum atomic E-state index is 10.3. The highest BCUT2D eigenvalue weighted by Crippen LogP contribution is 2.17. The lowest BCUT2D eigenvalue weighted by Crippen LogP contribution is -2.14. The maximum Gasteiger partial charge on any atom is 0.328 e. The van der Waals surface area contributed by atoms with Crippen LogP contribution in [0, 0.1) is 0 Å². The van der Waals surface area contributed by atoms with Crippen molar-refractivity contribution in [3.05, 3.63) is 28.0 Å². The summed E-state index contributed by atoms with van der Waals surface area (Å²) in [5, 5.41) is 10.4. The van der Waals surface area contributed by atoms with Crippen molar-refractivity contribution in [3.63, 3.8) is 0 Å². The van der Waals surface area contributed by atoms with Crippen molar-refractivity contribution in [2.45, 2.75) is 19.6 Å². The molecular formula is C12H16O4S. The first kappa shape index (κ1) is 13.9. The third kappa shape index (κ3) is 5.63. The molecule has 0 saturated heterocycles. The van der Waals surface area contributed by atoms with Crippen molar-refractivity contribution in [2.75, 3.05) is 13.7 Å². The molecule has 1 aromatic rings. The first-order valence-corrected chi connectivity index (χ1v) is 6.08. The molecule has 0 radical (unpaired) electrons. The van der Waals surface area contributed by atoms with Gasteiger partial charge in [-0.25, -0.2) is 4.79 Å². The topological polar surface area (TPSA) is 55.8 Å². The number of aliphatic carboxylic acids is 1. The van der Waals surface area contributed by atoms with Crippen molar-refractivity contribution in [2.24, 2.45) is 0 Å². The molecule has 1 rings (SSSR count).